The number of fused-ring (bicyclic) bond motifs is 1. The molecule has 140 valence electrons. The average Bonchev–Trinajstić information content (AvgIpc) is 2.67. The first-order chi connectivity index (χ1) is 13.0. The van der Waals surface area contributed by atoms with E-state index >= 15 is 0 Å². The van der Waals surface area contributed by atoms with Gasteiger partial charge in [-0.15, -0.1) is 0 Å². The third-order valence-corrected chi connectivity index (χ3v) is 4.08. The van der Waals surface area contributed by atoms with Gasteiger partial charge in [-0.25, -0.2) is 4.39 Å². The zero-order valence-corrected chi connectivity index (χ0v) is 14.6. The highest BCUT2D eigenvalue weighted by Crippen LogP contribution is 2.33. The van der Waals surface area contributed by atoms with E-state index in [0.29, 0.717) is 22.4 Å². The van der Waals surface area contributed by atoms with Gasteiger partial charge in [-0.1, -0.05) is 18.2 Å². The molecule has 0 saturated carbocycles. The number of nitro benzene ring substituents is 1. The van der Waals surface area contributed by atoms with E-state index in [2.05, 4.69) is 0 Å². The lowest BCUT2D eigenvalue weighted by Gasteiger charge is -2.19. The second kappa shape index (κ2) is 7.96. The second-order valence-electron chi connectivity index (χ2n) is 6.01. The average molecular weight is 372 g/mol. The van der Waals surface area contributed by atoms with Crippen LogP contribution < -0.4 is 4.74 Å². The van der Waals surface area contributed by atoms with Crippen molar-refractivity contribution in [1.82, 2.24) is 4.90 Å². The van der Waals surface area contributed by atoms with Gasteiger partial charge in [0.25, 0.3) is 5.69 Å². The quantitative estimate of drug-likeness (QED) is 0.457. The Kier molecular flexibility index (Phi) is 5.46. The summed E-state index contributed by atoms with van der Waals surface area (Å²) in [5.41, 5.74) is 1.24. The van der Waals surface area contributed by atoms with Crippen molar-refractivity contribution in [2.75, 3.05) is 13.8 Å². The summed E-state index contributed by atoms with van der Waals surface area (Å²) in [5.74, 6) is -0.305. The first-order valence-corrected chi connectivity index (χ1v) is 8.14. The molecule has 0 N–H and O–H groups in total. The van der Waals surface area contributed by atoms with E-state index < -0.39 is 4.92 Å². The van der Waals surface area contributed by atoms with Crippen LogP contribution in [0.5, 0.6) is 5.75 Å². The minimum Gasteiger partial charge on any atom is -0.467 e. The molecule has 1 aliphatic rings. The summed E-state index contributed by atoms with van der Waals surface area (Å²) in [6.07, 6.45) is 2.73. The molecule has 0 radical (unpaired) electrons. The maximum absolute atomic E-state index is 13.7. The van der Waals surface area contributed by atoms with Crippen LogP contribution in [0.3, 0.4) is 0 Å². The molecule has 1 amide bonds. The number of carbonyl (C=O) groups excluding carboxylic acids is 1. The number of hydrogen-bond acceptors (Lipinski definition) is 5. The molecule has 0 saturated heterocycles. The summed E-state index contributed by atoms with van der Waals surface area (Å²) in [4.78, 5) is 24.3. The van der Waals surface area contributed by atoms with E-state index in [4.69, 9.17) is 9.47 Å². The molecule has 3 rings (SSSR count). The molecule has 2 aromatic rings. The summed E-state index contributed by atoms with van der Waals surface area (Å²) in [6.45, 7) is 0.332. The summed E-state index contributed by atoms with van der Waals surface area (Å²) >= 11 is 0. The van der Waals surface area contributed by atoms with Crippen LogP contribution in [0.1, 0.15) is 16.7 Å². The number of hydrogen-bond donors (Lipinski definition) is 0. The van der Waals surface area contributed by atoms with Crippen molar-refractivity contribution in [2.24, 2.45) is 0 Å². The number of amides is 1. The SMILES string of the molecule is CN(Cc1ccccc1F)C(=O)/C=C/c1cc([N+](=O)[O-])cc2c1OCOC2. The van der Waals surface area contributed by atoms with Gasteiger partial charge in [0.1, 0.15) is 11.6 Å². The number of nitro groups is 1. The zero-order chi connectivity index (χ0) is 19.4. The highest BCUT2D eigenvalue weighted by Gasteiger charge is 2.20. The van der Waals surface area contributed by atoms with E-state index in [1.165, 1.54) is 35.3 Å². The molecule has 27 heavy (non-hydrogen) atoms. The van der Waals surface area contributed by atoms with Gasteiger partial charge in [0.2, 0.25) is 5.91 Å². The van der Waals surface area contributed by atoms with E-state index in [9.17, 15) is 19.3 Å². The maximum Gasteiger partial charge on any atom is 0.270 e. The van der Waals surface area contributed by atoms with Crippen LogP contribution in [-0.4, -0.2) is 29.6 Å². The van der Waals surface area contributed by atoms with E-state index in [1.807, 2.05) is 0 Å². The molecule has 1 aliphatic heterocycles. The largest absolute Gasteiger partial charge is 0.467 e. The predicted octanol–water partition coefficient (Wildman–Crippen LogP) is 3.27. The summed E-state index contributed by atoms with van der Waals surface area (Å²) < 4.78 is 24.3. The molecule has 0 unspecified atom stereocenters. The number of nitrogens with zero attached hydrogens (tertiary/aromatic N) is 2. The maximum atomic E-state index is 13.7. The van der Waals surface area contributed by atoms with Crippen LogP contribution in [0.2, 0.25) is 0 Å². The van der Waals surface area contributed by atoms with Crippen molar-refractivity contribution in [1.29, 1.82) is 0 Å². The monoisotopic (exact) mass is 372 g/mol. The molecule has 8 heteroatoms. The second-order valence-corrected chi connectivity index (χ2v) is 6.01. The lowest BCUT2D eigenvalue weighted by molar-refractivity contribution is -0.385. The summed E-state index contributed by atoms with van der Waals surface area (Å²) in [5, 5.41) is 11.1. The molecule has 2 aromatic carbocycles. The molecule has 0 aliphatic carbocycles. The van der Waals surface area contributed by atoms with Crippen molar-refractivity contribution in [3.8, 4) is 5.75 Å². The van der Waals surface area contributed by atoms with E-state index in [0.717, 1.165) is 0 Å². The Morgan fingerprint density at radius 2 is 2.15 bits per heavy atom. The number of ether oxygens (including phenoxy) is 2. The third kappa shape index (κ3) is 4.29. The minimum absolute atomic E-state index is 0.0345. The van der Waals surface area contributed by atoms with Crippen LogP contribution in [0, 0.1) is 15.9 Å². The predicted molar refractivity (Wildman–Crippen MR) is 95.3 cm³/mol. The fourth-order valence-corrected chi connectivity index (χ4v) is 2.71. The summed E-state index contributed by atoms with van der Waals surface area (Å²) in [7, 11) is 1.55. The molecule has 7 nitrogen and oxygen atoms in total. The Labute approximate surface area is 154 Å². The van der Waals surface area contributed by atoms with Crippen LogP contribution in [-0.2, 0) is 22.7 Å². The Bertz CT molecular complexity index is 913. The molecule has 0 bridgehead atoms. The number of carbonyl (C=O) groups is 1. The number of benzene rings is 2. The Balaban J connectivity index is 1.80. The lowest BCUT2D eigenvalue weighted by atomic mass is 10.1. The Morgan fingerprint density at radius 1 is 1.37 bits per heavy atom. The van der Waals surface area contributed by atoms with Crippen molar-refractivity contribution in [3.05, 3.63) is 75.1 Å². The third-order valence-electron chi connectivity index (χ3n) is 4.08. The lowest BCUT2D eigenvalue weighted by Crippen LogP contribution is -2.24. The van der Waals surface area contributed by atoms with Crippen LogP contribution in [0.25, 0.3) is 6.08 Å². The van der Waals surface area contributed by atoms with Crippen LogP contribution >= 0.6 is 0 Å². The highest BCUT2D eigenvalue weighted by molar-refractivity contribution is 5.92. The number of likely N-dealkylation sites (N-methyl/N-ethyl adjacent to an activating group) is 1. The van der Waals surface area contributed by atoms with Crippen LogP contribution in [0.15, 0.2) is 42.5 Å². The van der Waals surface area contributed by atoms with Crippen molar-refractivity contribution >= 4 is 17.7 Å². The molecular weight excluding hydrogens is 355 g/mol. The van der Waals surface area contributed by atoms with Gasteiger partial charge in [0.05, 0.1) is 11.5 Å². The van der Waals surface area contributed by atoms with Gasteiger partial charge >= 0.3 is 0 Å². The van der Waals surface area contributed by atoms with E-state index in [1.54, 1.807) is 25.2 Å². The van der Waals surface area contributed by atoms with Gasteiger partial charge in [-0.05, 0) is 12.1 Å². The van der Waals surface area contributed by atoms with Gasteiger partial charge < -0.3 is 14.4 Å². The molecule has 1 heterocycles. The Morgan fingerprint density at radius 3 is 2.89 bits per heavy atom. The molecule has 0 spiro atoms. The zero-order valence-electron chi connectivity index (χ0n) is 14.6. The first-order valence-electron chi connectivity index (χ1n) is 8.14. The topological polar surface area (TPSA) is 81.9 Å². The molecule has 0 atom stereocenters. The van der Waals surface area contributed by atoms with Gasteiger partial charge in [0.15, 0.2) is 6.79 Å². The van der Waals surface area contributed by atoms with Crippen LogP contribution in [0.4, 0.5) is 10.1 Å². The van der Waals surface area contributed by atoms with Crippen molar-refractivity contribution in [2.45, 2.75) is 13.2 Å². The minimum atomic E-state index is -0.516. The fourth-order valence-electron chi connectivity index (χ4n) is 2.71. The Hall–Kier alpha value is -3.26. The highest BCUT2D eigenvalue weighted by atomic mass is 19.1. The number of halogens is 1. The number of rotatable bonds is 5. The normalized spacial score (nSPS) is 13.1. The van der Waals surface area contributed by atoms with Crippen molar-refractivity contribution < 1.29 is 23.6 Å². The smallest absolute Gasteiger partial charge is 0.270 e. The molecular formula is C19H17FN2O5. The van der Waals surface area contributed by atoms with Crippen molar-refractivity contribution in [3.63, 3.8) is 0 Å². The fraction of sp³-hybridized carbons (Fsp3) is 0.211. The number of non-ortho nitro benzene ring substituents is 1. The van der Waals surface area contributed by atoms with Gasteiger partial charge in [-0.2, -0.15) is 0 Å². The standard InChI is InChI=1S/C19H17FN2O5/c1-21(10-14-4-2-3-5-17(14)20)18(23)7-6-13-8-16(22(24)25)9-15-11-26-12-27-19(13)15/h2-9H,10-12H2,1H3/b7-6+. The van der Waals surface area contributed by atoms with Gasteiger partial charge in [-0.3, -0.25) is 14.9 Å². The first kappa shape index (κ1) is 18.5. The summed E-state index contributed by atoms with van der Waals surface area (Å²) in [6, 6.07) is 8.94. The molecule has 0 aromatic heterocycles. The molecule has 0 fully saturated rings. The van der Waals surface area contributed by atoms with E-state index in [-0.39, 0.29) is 37.4 Å². The van der Waals surface area contributed by atoms with Gasteiger partial charge in [0, 0.05) is 48.5 Å².